The lowest BCUT2D eigenvalue weighted by molar-refractivity contribution is -0.125. The average Bonchev–Trinajstić information content (AvgIpc) is 3.14. The number of fused-ring (bicyclic) bond motifs is 1. The van der Waals surface area contributed by atoms with Crippen molar-refractivity contribution in [3.63, 3.8) is 0 Å². The largest absolute Gasteiger partial charge is 0.454 e. The molecule has 1 fully saturated rings. The lowest BCUT2D eigenvalue weighted by atomic mass is 10.1. The second-order valence-corrected chi connectivity index (χ2v) is 5.25. The van der Waals surface area contributed by atoms with Gasteiger partial charge in [0.1, 0.15) is 6.61 Å². The van der Waals surface area contributed by atoms with Gasteiger partial charge >= 0.3 is 0 Å². The van der Waals surface area contributed by atoms with Crippen LogP contribution in [-0.4, -0.2) is 32.5 Å². The molecule has 0 aromatic heterocycles. The molecule has 2 aliphatic rings. The molecule has 1 N–H and O–H groups in total. The van der Waals surface area contributed by atoms with Gasteiger partial charge in [-0.2, -0.15) is 0 Å². The van der Waals surface area contributed by atoms with Crippen LogP contribution in [0.25, 0.3) is 0 Å². The molecular weight excluding hydrogens is 258 g/mol. The molecule has 1 aromatic carbocycles. The van der Waals surface area contributed by atoms with Gasteiger partial charge in [0.15, 0.2) is 11.5 Å². The van der Waals surface area contributed by atoms with Crippen LogP contribution in [0.4, 0.5) is 0 Å². The Hall–Kier alpha value is -1.75. The third kappa shape index (κ3) is 3.63. The maximum atomic E-state index is 11.5. The molecule has 5 heteroatoms. The highest BCUT2D eigenvalue weighted by molar-refractivity contribution is 5.77. The quantitative estimate of drug-likeness (QED) is 0.820. The summed E-state index contributed by atoms with van der Waals surface area (Å²) in [7, 11) is 0. The van der Waals surface area contributed by atoms with Gasteiger partial charge < -0.3 is 19.5 Å². The average molecular weight is 277 g/mol. The van der Waals surface area contributed by atoms with Crippen molar-refractivity contribution in [1.82, 2.24) is 5.32 Å². The van der Waals surface area contributed by atoms with Crippen LogP contribution in [0.3, 0.4) is 0 Å². The smallest absolute Gasteiger partial charge is 0.246 e. The Kier molecular flexibility index (Phi) is 4.06. The van der Waals surface area contributed by atoms with E-state index in [1.54, 1.807) is 0 Å². The van der Waals surface area contributed by atoms with Crippen molar-refractivity contribution < 1.29 is 19.0 Å². The minimum Gasteiger partial charge on any atom is -0.454 e. The first-order chi connectivity index (χ1) is 9.81. The Morgan fingerprint density at radius 3 is 3.00 bits per heavy atom. The van der Waals surface area contributed by atoms with Crippen LogP contribution >= 0.6 is 0 Å². The fourth-order valence-corrected chi connectivity index (χ4v) is 2.10. The Bertz CT molecular complexity index is 485. The van der Waals surface area contributed by atoms with E-state index in [2.05, 4.69) is 5.32 Å². The summed E-state index contributed by atoms with van der Waals surface area (Å²) >= 11 is 0. The Labute approximate surface area is 118 Å². The zero-order valence-corrected chi connectivity index (χ0v) is 11.4. The first-order valence-electron chi connectivity index (χ1n) is 7.04. The first-order valence-corrected chi connectivity index (χ1v) is 7.04. The van der Waals surface area contributed by atoms with Crippen molar-refractivity contribution in [3.05, 3.63) is 23.8 Å². The van der Waals surface area contributed by atoms with Gasteiger partial charge in [0.25, 0.3) is 0 Å². The van der Waals surface area contributed by atoms with Crippen LogP contribution in [0, 0.1) is 5.92 Å². The molecule has 1 amide bonds. The minimum atomic E-state index is -0.0496. The molecule has 1 aliphatic carbocycles. The van der Waals surface area contributed by atoms with Crippen molar-refractivity contribution in [1.29, 1.82) is 0 Å². The topological polar surface area (TPSA) is 56.8 Å². The predicted molar refractivity (Wildman–Crippen MR) is 72.8 cm³/mol. The highest BCUT2D eigenvalue weighted by atomic mass is 16.7. The number of hydrogen-bond acceptors (Lipinski definition) is 4. The van der Waals surface area contributed by atoms with E-state index < -0.39 is 0 Å². The van der Waals surface area contributed by atoms with Gasteiger partial charge in [-0.1, -0.05) is 6.07 Å². The molecule has 3 rings (SSSR count). The van der Waals surface area contributed by atoms with Gasteiger partial charge in [-0.25, -0.2) is 0 Å². The third-order valence-electron chi connectivity index (χ3n) is 3.46. The van der Waals surface area contributed by atoms with Crippen LogP contribution < -0.4 is 14.8 Å². The third-order valence-corrected chi connectivity index (χ3v) is 3.46. The Morgan fingerprint density at radius 2 is 2.15 bits per heavy atom. The van der Waals surface area contributed by atoms with Crippen LogP contribution in [0.15, 0.2) is 18.2 Å². The first kappa shape index (κ1) is 13.2. The van der Waals surface area contributed by atoms with Crippen molar-refractivity contribution in [3.8, 4) is 11.5 Å². The highest BCUT2D eigenvalue weighted by Crippen LogP contribution is 2.32. The molecule has 0 saturated heterocycles. The molecule has 1 aromatic rings. The van der Waals surface area contributed by atoms with E-state index in [-0.39, 0.29) is 19.3 Å². The molecule has 1 saturated carbocycles. The molecule has 0 atom stereocenters. The number of rotatable bonds is 7. The second-order valence-electron chi connectivity index (χ2n) is 5.25. The van der Waals surface area contributed by atoms with E-state index >= 15 is 0 Å². The van der Waals surface area contributed by atoms with Crippen LogP contribution in [0.5, 0.6) is 11.5 Å². The number of carbonyl (C=O) groups is 1. The maximum absolute atomic E-state index is 11.5. The summed E-state index contributed by atoms with van der Waals surface area (Å²) in [6.07, 6.45) is 3.25. The fourth-order valence-electron chi connectivity index (χ4n) is 2.10. The lowest BCUT2D eigenvalue weighted by Gasteiger charge is -2.06. The molecule has 0 bridgehead atoms. The summed E-state index contributed by atoms with van der Waals surface area (Å²) in [5.74, 6) is 2.20. The maximum Gasteiger partial charge on any atom is 0.246 e. The summed E-state index contributed by atoms with van der Waals surface area (Å²) in [6.45, 7) is 1.77. The van der Waals surface area contributed by atoms with Crippen molar-refractivity contribution in [2.45, 2.75) is 19.3 Å². The van der Waals surface area contributed by atoms with E-state index in [4.69, 9.17) is 14.2 Å². The standard InChI is InChI=1S/C15H19NO4/c17-15(9-18-8-12-1-2-12)16-6-5-11-3-4-13-14(7-11)20-10-19-13/h3-4,7,12H,1-2,5-6,8-10H2,(H,16,17). The number of nitrogens with one attached hydrogen (secondary N) is 1. The molecule has 0 unspecified atom stereocenters. The summed E-state index contributed by atoms with van der Waals surface area (Å²) in [5, 5.41) is 2.86. The van der Waals surface area contributed by atoms with Crippen molar-refractivity contribution in [2.24, 2.45) is 5.92 Å². The summed E-state index contributed by atoms with van der Waals surface area (Å²) in [4.78, 5) is 11.5. The van der Waals surface area contributed by atoms with Gasteiger partial charge in [0.2, 0.25) is 12.7 Å². The minimum absolute atomic E-state index is 0.0496. The molecular formula is C15H19NO4. The van der Waals surface area contributed by atoms with Gasteiger partial charge in [-0.05, 0) is 42.9 Å². The van der Waals surface area contributed by atoms with Crippen molar-refractivity contribution >= 4 is 5.91 Å². The second kappa shape index (κ2) is 6.13. The lowest BCUT2D eigenvalue weighted by Crippen LogP contribution is -2.29. The Morgan fingerprint density at radius 1 is 1.30 bits per heavy atom. The SMILES string of the molecule is O=C(COCC1CC1)NCCc1ccc2c(c1)OCO2. The zero-order valence-electron chi connectivity index (χ0n) is 11.4. The van der Waals surface area contributed by atoms with Gasteiger partial charge in [-0.3, -0.25) is 4.79 Å². The number of ether oxygens (including phenoxy) is 3. The normalized spacial score (nSPS) is 16.2. The molecule has 0 spiro atoms. The van der Waals surface area contributed by atoms with Crippen LogP contribution in [0.2, 0.25) is 0 Å². The van der Waals surface area contributed by atoms with Crippen molar-refractivity contribution in [2.75, 3.05) is 26.6 Å². The summed E-state index contributed by atoms with van der Waals surface area (Å²) < 4.78 is 15.9. The van der Waals surface area contributed by atoms with E-state index in [0.717, 1.165) is 30.1 Å². The summed E-state index contributed by atoms with van der Waals surface area (Å²) in [5.41, 5.74) is 1.12. The van der Waals surface area contributed by atoms with Gasteiger partial charge in [0.05, 0.1) is 6.61 Å². The van der Waals surface area contributed by atoms with E-state index in [0.29, 0.717) is 12.5 Å². The monoisotopic (exact) mass is 277 g/mol. The highest BCUT2D eigenvalue weighted by Gasteiger charge is 2.21. The van der Waals surface area contributed by atoms with E-state index in [1.807, 2.05) is 18.2 Å². The molecule has 1 aliphatic heterocycles. The predicted octanol–water partition coefficient (Wildman–Crippen LogP) is 1.50. The Balaban J connectivity index is 1.35. The molecule has 0 radical (unpaired) electrons. The molecule has 5 nitrogen and oxygen atoms in total. The summed E-state index contributed by atoms with van der Waals surface area (Å²) in [6, 6.07) is 5.85. The van der Waals surface area contributed by atoms with E-state index in [1.165, 1.54) is 12.8 Å². The number of hydrogen-bond donors (Lipinski definition) is 1. The number of benzene rings is 1. The van der Waals surface area contributed by atoms with Crippen LogP contribution in [-0.2, 0) is 16.0 Å². The van der Waals surface area contributed by atoms with Gasteiger partial charge in [-0.15, -0.1) is 0 Å². The fraction of sp³-hybridized carbons (Fsp3) is 0.533. The zero-order chi connectivity index (χ0) is 13.8. The van der Waals surface area contributed by atoms with E-state index in [9.17, 15) is 4.79 Å². The molecule has 1 heterocycles. The number of amides is 1. The number of carbonyl (C=O) groups excluding carboxylic acids is 1. The van der Waals surface area contributed by atoms with Gasteiger partial charge in [0, 0.05) is 6.54 Å². The molecule has 108 valence electrons. The van der Waals surface area contributed by atoms with Crippen LogP contribution in [0.1, 0.15) is 18.4 Å². The molecule has 20 heavy (non-hydrogen) atoms.